The van der Waals surface area contributed by atoms with Crippen molar-refractivity contribution in [3.05, 3.63) is 36.0 Å². The van der Waals surface area contributed by atoms with Gasteiger partial charge in [-0.1, -0.05) is 18.2 Å². The van der Waals surface area contributed by atoms with Crippen LogP contribution in [0.15, 0.2) is 30.3 Å². The van der Waals surface area contributed by atoms with Crippen molar-refractivity contribution in [3.8, 4) is 0 Å². The van der Waals surface area contributed by atoms with E-state index in [4.69, 9.17) is 0 Å². The summed E-state index contributed by atoms with van der Waals surface area (Å²) < 4.78 is 10.9. The van der Waals surface area contributed by atoms with Crippen LogP contribution >= 0.6 is 0 Å². The third kappa shape index (κ3) is 2.94. The van der Waals surface area contributed by atoms with Crippen LogP contribution in [0.2, 0.25) is 0 Å². The second-order valence-electron chi connectivity index (χ2n) is 3.80. The highest BCUT2D eigenvalue weighted by atomic mass is 32.2. The van der Waals surface area contributed by atoms with Crippen LogP contribution in [-0.4, -0.2) is 33.7 Å². The van der Waals surface area contributed by atoms with Gasteiger partial charge in [0.05, 0.1) is 0 Å². The normalized spacial score (nSPS) is 12.5. The molecule has 2 aromatic rings. The number of hydrogen-bond acceptors (Lipinski definition) is 2. The van der Waals surface area contributed by atoms with E-state index in [1.807, 2.05) is 30.3 Å². The molecule has 1 amide bonds. The molecule has 2 N–H and O–H groups in total. The molecule has 0 saturated heterocycles. The minimum atomic E-state index is -0.878. The quantitative estimate of drug-likeness (QED) is 0.858. The fraction of sp³-hybridized carbons (Fsp3) is 0.250. The first-order valence-corrected chi connectivity index (χ1v) is 7.05. The Balaban J connectivity index is 2.06. The fourth-order valence-corrected chi connectivity index (χ4v) is 1.99. The molecule has 1 unspecified atom stereocenters. The third-order valence-electron chi connectivity index (χ3n) is 2.45. The van der Waals surface area contributed by atoms with Crippen LogP contribution in [0, 0.1) is 0 Å². The van der Waals surface area contributed by atoms with Crippen LogP contribution < -0.4 is 5.32 Å². The lowest BCUT2D eigenvalue weighted by molar-refractivity contribution is 0.0952. The summed E-state index contributed by atoms with van der Waals surface area (Å²) in [6, 6.07) is 9.53. The average Bonchev–Trinajstić information content (AvgIpc) is 2.71. The molecule has 0 saturated carbocycles. The molecule has 0 aliphatic carbocycles. The zero-order valence-corrected chi connectivity index (χ0v) is 10.3. The highest BCUT2D eigenvalue weighted by Crippen LogP contribution is 2.14. The van der Waals surface area contributed by atoms with Crippen molar-refractivity contribution in [2.75, 3.05) is 18.6 Å². The van der Waals surface area contributed by atoms with Crippen molar-refractivity contribution in [2.24, 2.45) is 0 Å². The van der Waals surface area contributed by atoms with Gasteiger partial charge in [-0.05, 0) is 12.1 Å². The summed E-state index contributed by atoms with van der Waals surface area (Å²) in [7, 11) is -0.878. The molecule has 90 valence electrons. The zero-order chi connectivity index (χ0) is 12.3. The first-order chi connectivity index (χ1) is 8.16. The lowest BCUT2D eigenvalue weighted by Crippen LogP contribution is -2.27. The van der Waals surface area contributed by atoms with Gasteiger partial charge < -0.3 is 10.3 Å². The van der Waals surface area contributed by atoms with E-state index in [2.05, 4.69) is 10.3 Å². The minimum absolute atomic E-state index is 0.161. The van der Waals surface area contributed by atoms with Crippen LogP contribution in [0.1, 0.15) is 10.5 Å². The number of hydrogen-bond donors (Lipinski definition) is 2. The molecular formula is C12H14N2O2S. The number of aromatic nitrogens is 1. The van der Waals surface area contributed by atoms with Gasteiger partial charge in [-0.3, -0.25) is 9.00 Å². The third-order valence-corrected chi connectivity index (χ3v) is 3.23. The Bertz CT molecular complexity index is 529. The summed E-state index contributed by atoms with van der Waals surface area (Å²) in [6.07, 6.45) is 1.62. The van der Waals surface area contributed by atoms with Crippen molar-refractivity contribution < 1.29 is 9.00 Å². The lowest BCUT2D eigenvalue weighted by atomic mass is 10.2. The Labute approximate surface area is 102 Å². The van der Waals surface area contributed by atoms with Gasteiger partial charge in [-0.25, -0.2) is 0 Å². The van der Waals surface area contributed by atoms with Crippen molar-refractivity contribution in [3.63, 3.8) is 0 Å². The van der Waals surface area contributed by atoms with Crippen LogP contribution in [0.3, 0.4) is 0 Å². The van der Waals surface area contributed by atoms with Gasteiger partial charge in [0, 0.05) is 40.3 Å². The molecule has 0 bridgehead atoms. The van der Waals surface area contributed by atoms with Crippen molar-refractivity contribution in [1.29, 1.82) is 0 Å². The number of amides is 1. The summed E-state index contributed by atoms with van der Waals surface area (Å²) in [4.78, 5) is 14.8. The van der Waals surface area contributed by atoms with Crippen LogP contribution in [0.4, 0.5) is 0 Å². The Hall–Kier alpha value is -1.62. The SMILES string of the molecule is CS(=O)CCNC(=O)c1cc2ccccc2[nH]1. The standard InChI is InChI=1S/C12H14N2O2S/c1-17(16)7-6-13-12(15)11-8-9-4-2-3-5-10(9)14-11/h2-5,8,14H,6-7H2,1H3,(H,13,15). The maximum absolute atomic E-state index is 11.8. The van der Waals surface area contributed by atoms with E-state index in [0.717, 1.165) is 10.9 Å². The Morgan fingerprint density at radius 1 is 1.41 bits per heavy atom. The van der Waals surface area contributed by atoms with E-state index in [1.54, 1.807) is 6.26 Å². The highest BCUT2D eigenvalue weighted by molar-refractivity contribution is 7.84. The summed E-state index contributed by atoms with van der Waals surface area (Å²) >= 11 is 0. The van der Waals surface area contributed by atoms with Gasteiger partial charge in [0.15, 0.2) is 0 Å². The second kappa shape index (κ2) is 5.14. The Morgan fingerprint density at radius 3 is 2.88 bits per heavy atom. The van der Waals surface area contributed by atoms with Crippen LogP contribution in [-0.2, 0) is 10.8 Å². The molecule has 0 spiro atoms. The molecule has 0 radical (unpaired) electrons. The van der Waals surface area contributed by atoms with Gasteiger partial charge in [-0.15, -0.1) is 0 Å². The predicted molar refractivity (Wildman–Crippen MR) is 69.6 cm³/mol. The van der Waals surface area contributed by atoms with Gasteiger partial charge in [0.2, 0.25) is 0 Å². The summed E-state index contributed by atoms with van der Waals surface area (Å²) in [5.41, 5.74) is 1.48. The molecule has 4 nitrogen and oxygen atoms in total. The lowest BCUT2D eigenvalue weighted by Gasteiger charge is -2.01. The monoisotopic (exact) mass is 250 g/mol. The Morgan fingerprint density at radius 2 is 2.18 bits per heavy atom. The molecule has 1 atom stereocenters. The second-order valence-corrected chi connectivity index (χ2v) is 5.36. The van der Waals surface area contributed by atoms with Gasteiger partial charge in [0.1, 0.15) is 5.69 Å². The van der Waals surface area contributed by atoms with E-state index in [9.17, 15) is 9.00 Å². The molecule has 0 aliphatic rings. The molecule has 0 fully saturated rings. The number of carbonyl (C=O) groups excluding carboxylic acids is 1. The number of para-hydroxylation sites is 1. The summed E-state index contributed by atoms with van der Waals surface area (Å²) in [6.45, 7) is 0.428. The van der Waals surface area contributed by atoms with Gasteiger partial charge in [-0.2, -0.15) is 0 Å². The van der Waals surface area contributed by atoms with E-state index >= 15 is 0 Å². The molecule has 5 heteroatoms. The molecule has 1 aromatic carbocycles. The largest absolute Gasteiger partial charge is 0.351 e. The fourth-order valence-electron chi connectivity index (χ4n) is 1.60. The predicted octanol–water partition coefficient (Wildman–Crippen LogP) is 1.28. The van der Waals surface area contributed by atoms with Gasteiger partial charge in [0.25, 0.3) is 5.91 Å². The van der Waals surface area contributed by atoms with E-state index in [0.29, 0.717) is 18.0 Å². The summed E-state index contributed by atoms with van der Waals surface area (Å²) in [5, 5.41) is 3.74. The van der Waals surface area contributed by atoms with Crippen molar-refractivity contribution in [2.45, 2.75) is 0 Å². The first kappa shape index (κ1) is 11.9. The summed E-state index contributed by atoms with van der Waals surface area (Å²) in [5.74, 6) is 0.318. The van der Waals surface area contributed by atoms with Crippen LogP contribution in [0.5, 0.6) is 0 Å². The zero-order valence-electron chi connectivity index (χ0n) is 9.53. The van der Waals surface area contributed by atoms with Crippen LogP contribution in [0.25, 0.3) is 10.9 Å². The van der Waals surface area contributed by atoms with E-state index in [-0.39, 0.29) is 5.91 Å². The van der Waals surface area contributed by atoms with Crippen molar-refractivity contribution >= 4 is 27.6 Å². The maximum Gasteiger partial charge on any atom is 0.267 e. The smallest absolute Gasteiger partial charge is 0.267 e. The number of aromatic amines is 1. The van der Waals surface area contributed by atoms with Gasteiger partial charge >= 0.3 is 0 Å². The number of carbonyl (C=O) groups is 1. The number of benzene rings is 1. The van der Waals surface area contributed by atoms with E-state index in [1.165, 1.54) is 0 Å². The Kier molecular flexibility index (Phi) is 3.58. The highest BCUT2D eigenvalue weighted by Gasteiger charge is 2.08. The first-order valence-electron chi connectivity index (χ1n) is 5.33. The topological polar surface area (TPSA) is 62.0 Å². The molecule has 17 heavy (non-hydrogen) atoms. The number of rotatable bonds is 4. The molecule has 1 aromatic heterocycles. The maximum atomic E-state index is 11.8. The minimum Gasteiger partial charge on any atom is -0.351 e. The molecular weight excluding hydrogens is 236 g/mol. The number of H-pyrrole nitrogens is 1. The average molecular weight is 250 g/mol. The van der Waals surface area contributed by atoms with Crippen molar-refractivity contribution in [1.82, 2.24) is 10.3 Å². The molecule has 1 heterocycles. The number of fused-ring (bicyclic) bond motifs is 1. The molecule has 2 rings (SSSR count). The van der Waals surface area contributed by atoms with E-state index < -0.39 is 10.8 Å². The molecule has 0 aliphatic heterocycles. The number of nitrogens with one attached hydrogen (secondary N) is 2.